The fourth-order valence-electron chi connectivity index (χ4n) is 2.48. The van der Waals surface area contributed by atoms with Gasteiger partial charge >= 0.3 is 0 Å². The highest BCUT2D eigenvalue weighted by Gasteiger charge is 2.13. The van der Waals surface area contributed by atoms with Gasteiger partial charge in [0, 0.05) is 0 Å². The zero-order chi connectivity index (χ0) is 15.2. The van der Waals surface area contributed by atoms with E-state index in [0.717, 1.165) is 30.5 Å². The first-order chi connectivity index (χ1) is 10.1. The van der Waals surface area contributed by atoms with Gasteiger partial charge in [-0.2, -0.15) is 0 Å². The summed E-state index contributed by atoms with van der Waals surface area (Å²) in [6.07, 6.45) is 1.70. The molecule has 0 spiro atoms. The minimum absolute atomic E-state index is 0.207. The quantitative estimate of drug-likeness (QED) is 0.807. The van der Waals surface area contributed by atoms with Crippen LogP contribution in [0.25, 0.3) is 0 Å². The highest BCUT2D eigenvalue weighted by atomic mass is 35.5. The molecule has 2 aromatic rings. The van der Waals surface area contributed by atoms with E-state index in [-0.39, 0.29) is 5.82 Å². The maximum atomic E-state index is 13.0. The molecule has 112 valence electrons. The first-order valence-electron chi connectivity index (χ1n) is 6.92. The Labute approximate surface area is 135 Å². The minimum Gasteiger partial charge on any atom is -0.319 e. The molecule has 4 heteroatoms. The van der Waals surface area contributed by atoms with Crippen molar-refractivity contribution < 1.29 is 4.39 Å². The van der Waals surface area contributed by atoms with Crippen LogP contribution in [0, 0.1) is 11.7 Å². The van der Waals surface area contributed by atoms with Crippen LogP contribution in [0.4, 0.5) is 4.39 Å². The van der Waals surface area contributed by atoms with Gasteiger partial charge in [-0.15, -0.1) is 0 Å². The van der Waals surface area contributed by atoms with E-state index in [1.165, 1.54) is 12.1 Å². The zero-order valence-corrected chi connectivity index (χ0v) is 13.4. The van der Waals surface area contributed by atoms with Gasteiger partial charge in [-0.1, -0.05) is 47.5 Å². The summed E-state index contributed by atoms with van der Waals surface area (Å²) in [5.74, 6) is 0.165. The molecule has 21 heavy (non-hydrogen) atoms. The molecule has 1 unspecified atom stereocenters. The Morgan fingerprint density at radius 1 is 1.05 bits per heavy atom. The Balaban J connectivity index is 2.11. The molecular weight excluding hydrogens is 308 g/mol. The smallest absolute Gasteiger partial charge is 0.123 e. The molecule has 0 saturated heterocycles. The first-order valence-corrected chi connectivity index (χ1v) is 7.67. The molecule has 0 heterocycles. The Morgan fingerprint density at radius 3 is 2.43 bits per heavy atom. The van der Waals surface area contributed by atoms with E-state index < -0.39 is 0 Å². The molecular formula is C17H18Cl2FN. The molecule has 2 aromatic carbocycles. The third kappa shape index (κ3) is 4.70. The average Bonchev–Trinajstić information content (AvgIpc) is 2.46. The molecule has 0 aliphatic rings. The van der Waals surface area contributed by atoms with Crippen molar-refractivity contribution in [3.63, 3.8) is 0 Å². The van der Waals surface area contributed by atoms with Gasteiger partial charge in [0.25, 0.3) is 0 Å². The Kier molecular flexibility index (Phi) is 6.04. The van der Waals surface area contributed by atoms with Gasteiger partial charge < -0.3 is 5.32 Å². The highest BCUT2D eigenvalue weighted by Crippen LogP contribution is 2.28. The molecule has 0 fully saturated rings. The van der Waals surface area contributed by atoms with Gasteiger partial charge in [0.05, 0.1) is 10.0 Å². The lowest BCUT2D eigenvalue weighted by atomic mass is 9.92. The topological polar surface area (TPSA) is 12.0 Å². The third-order valence-corrected chi connectivity index (χ3v) is 4.33. The Hall–Kier alpha value is -1.09. The van der Waals surface area contributed by atoms with Crippen molar-refractivity contribution in [1.29, 1.82) is 0 Å². The van der Waals surface area contributed by atoms with Crippen LogP contribution in [0.5, 0.6) is 0 Å². The number of benzene rings is 2. The van der Waals surface area contributed by atoms with Gasteiger partial charge in [-0.25, -0.2) is 4.39 Å². The summed E-state index contributed by atoms with van der Waals surface area (Å²) in [6, 6.07) is 12.4. The summed E-state index contributed by atoms with van der Waals surface area (Å²) >= 11 is 12.3. The fraction of sp³-hybridized carbons (Fsp3) is 0.294. The van der Waals surface area contributed by atoms with Crippen LogP contribution in [0.2, 0.25) is 10.0 Å². The molecule has 1 atom stereocenters. The second-order valence-electron chi connectivity index (χ2n) is 5.17. The van der Waals surface area contributed by atoms with Crippen molar-refractivity contribution in [2.24, 2.45) is 5.92 Å². The molecule has 0 bridgehead atoms. The predicted octanol–water partition coefficient (Wildman–Crippen LogP) is 4.75. The van der Waals surface area contributed by atoms with Crippen LogP contribution < -0.4 is 5.32 Å². The normalized spacial score (nSPS) is 12.4. The van der Waals surface area contributed by atoms with E-state index in [1.54, 1.807) is 6.07 Å². The standard InChI is InChI=1S/C17H18Cl2FN/c1-21-11-13(9-12-5-7-15(20)8-6-12)10-14-3-2-4-16(18)17(14)19/h2-8,13,21H,9-11H2,1H3. The molecule has 1 N–H and O–H groups in total. The largest absolute Gasteiger partial charge is 0.319 e. The zero-order valence-electron chi connectivity index (χ0n) is 11.9. The van der Waals surface area contributed by atoms with E-state index >= 15 is 0 Å². The minimum atomic E-state index is -0.207. The van der Waals surface area contributed by atoms with Crippen LogP contribution in [-0.2, 0) is 12.8 Å². The van der Waals surface area contributed by atoms with Gasteiger partial charge in [0.1, 0.15) is 5.82 Å². The van der Waals surface area contributed by atoms with Crippen molar-refractivity contribution in [3.05, 3.63) is 69.5 Å². The predicted molar refractivity (Wildman–Crippen MR) is 87.7 cm³/mol. The lowest BCUT2D eigenvalue weighted by molar-refractivity contribution is 0.493. The van der Waals surface area contributed by atoms with Crippen molar-refractivity contribution in [2.75, 3.05) is 13.6 Å². The number of hydrogen-bond acceptors (Lipinski definition) is 1. The summed E-state index contributed by atoms with van der Waals surface area (Å²) < 4.78 is 13.0. The molecule has 0 amide bonds. The second-order valence-corrected chi connectivity index (χ2v) is 5.96. The number of nitrogens with one attached hydrogen (secondary N) is 1. The average molecular weight is 326 g/mol. The van der Waals surface area contributed by atoms with E-state index in [9.17, 15) is 4.39 Å². The third-order valence-electron chi connectivity index (χ3n) is 3.47. The van der Waals surface area contributed by atoms with Crippen molar-refractivity contribution in [2.45, 2.75) is 12.8 Å². The Morgan fingerprint density at radius 2 is 1.76 bits per heavy atom. The maximum absolute atomic E-state index is 13.0. The van der Waals surface area contributed by atoms with Crippen LogP contribution in [-0.4, -0.2) is 13.6 Å². The summed E-state index contributed by atoms with van der Waals surface area (Å²) in [6.45, 7) is 0.861. The Bertz CT molecular complexity index is 584. The number of rotatable bonds is 6. The van der Waals surface area contributed by atoms with Crippen LogP contribution in [0.1, 0.15) is 11.1 Å². The van der Waals surface area contributed by atoms with Crippen molar-refractivity contribution in [3.8, 4) is 0 Å². The monoisotopic (exact) mass is 325 g/mol. The van der Waals surface area contributed by atoms with Gasteiger partial charge in [0.15, 0.2) is 0 Å². The molecule has 0 aliphatic heterocycles. The number of halogens is 3. The summed E-state index contributed by atoms with van der Waals surface area (Å²) in [4.78, 5) is 0. The van der Waals surface area contributed by atoms with E-state index in [2.05, 4.69) is 5.32 Å². The summed E-state index contributed by atoms with van der Waals surface area (Å²) in [5.41, 5.74) is 2.17. The fourth-order valence-corrected chi connectivity index (χ4v) is 2.87. The van der Waals surface area contributed by atoms with E-state index in [0.29, 0.717) is 16.0 Å². The van der Waals surface area contributed by atoms with Crippen LogP contribution >= 0.6 is 23.2 Å². The molecule has 2 rings (SSSR count). The van der Waals surface area contributed by atoms with Gasteiger partial charge in [0.2, 0.25) is 0 Å². The van der Waals surface area contributed by atoms with Crippen molar-refractivity contribution >= 4 is 23.2 Å². The number of hydrogen-bond donors (Lipinski definition) is 1. The summed E-state index contributed by atoms with van der Waals surface area (Å²) in [5, 5.41) is 4.41. The SMILES string of the molecule is CNCC(Cc1ccc(F)cc1)Cc1cccc(Cl)c1Cl. The first kappa shape index (κ1) is 16.3. The molecule has 1 nitrogen and oxygen atoms in total. The molecule has 0 saturated carbocycles. The van der Waals surface area contributed by atoms with Crippen LogP contribution in [0.3, 0.4) is 0 Å². The second kappa shape index (κ2) is 7.79. The molecule has 0 radical (unpaired) electrons. The molecule has 0 aromatic heterocycles. The van der Waals surface area contributed by atoms with Crippen LogP contribution in [0.15, 0.2) is 42.5 Å². The maximum Gasteiger partial charge on any atom is 0.123 e. The lowest BCUT2D eigenvalue weighted by Crippen LogP contribution is -2.23. The van der Waals surface area contributed by atoms with Crippen molar-refractivity contribution in [1.82, 2.24) is 5.32 Å². The summed E-state index contributed by atoms with van der Waals surface area (Å²) in [7, 11) is 1.93. The van der Waals surface area contributed by atoms with E-state index in [1.807, 2.05) is 31.3 Å². The van der Waals surface area contributed by atoms with Gasteiger partial charge in [-0.05, 0) is 61.7 Å². The van der Waals surface area contributed by atoms with Gasteiger partial charge in [-0.3, -0.25) is 0 Å². The molecule has 0 aliphatic carbocycles. The highest BCUT2D eigenvalue weighted by molar-refractivity contribution is 6.42. The lowest BCUT2D eigenvalue weighted by Gasteiger charge is -2.18. The van der Waals surface area contributed by atoms with E-state index in [4.69, 9.17) is 23.2 Å².